The highest BCUT2D eigenvalue weighted by molar-refractivity contribution is 6.38. The van der Waals surface area contributed by atoms with Crippen molar-refractivity contribution >= 4 is 54.6 Å². The summed E-state index contributed by atoms with van der Waals surface area (Å²) in [7, 11) is 4.03. The van der Waals surface area contributed by atoms with E-state index in [-0.39, 0.29) is 31.2 Å². The number of pyridine rings is 1. The number of ketones is 1. The van der Waals surface area contributed by atoms with Crippen LogP contribution in [0.15, 0.2) is 72.9 Å². The van der Waals surface area contributed by atoms with Gasteiger partial charge in [0.05, 0.1) is 11.3 Å². The van der Waals surface area contributed by atoms with Crippen LogP contribution in [0.5, 0.6) is 0 Å². The van der Waals surface area contributed by atoms with Crippen molar-refractivity contribution in [1.82, 2.24) is 15.2 Å². The van der Waals surface area contributed by atoms with Crippen LogP contribution in [0, 0.1) is 0 Å². The predicted molar refractivity (Wildman–Crippen MR) is 147 cm³/mol. The second-order valence-corrected chi connectivity index (χ2v) is 8.19. The Morgan fingerprint density at radius 2 is 1.58 bits per heavy atom. The molecule has 3 aromatic rings. The van der Waals surface area contributed by atoms with Crippen molar-refractivity contribution in [3.63, 3.8) is 0 Å². The zero-order valence-corrected chi connectivity index (χ0v) is 21.7. The molecule has 7 nitrogen and oxygen atoms in total. The quantitative estimate of drug-likeness (QED) is 0.391. The van der Waals surface area contributed by atoms with Gasteiger partial charge >= 0.3 is 0 Å². The van der Waals surface area contributed by atoms with Gasteiger partial charge < -0.3 is 16.0 Å². The number of primary amides is 1. The number of aromatic nitrogens is 1. The summed E-state index contributed by atoms with van der Waals surface area (Å²) in [4.78, 5) is 43.4. The van der Waals surface area contributed by atoms with Crippen molar-refractivity contribution in [3.05, 3.63) is 101 Å². The van der Waals surface area contributed by atoms with Gasteiger partial charge in [-0.1, -0.05) is 60.7 Å². The Balaban J connectivity index is 0.00000324. The Hall–Kier alpha value is -3.52. The van der Waals surface area contributed by atoms with E-state index in [0.29, 0.717) is 11.3 Å². The number of halogens is 2. The summed E-state index contributed by atoms with van der Waals surface area (Å²) in [5.41, 5.74) is 8.91. The van der Waals surface area contributed by atoms with E-state index >= 15 is 0 Å². The maximum atomic E-state index is 13.1. The molecular formula is C27H30Cl2N4O3. The van der Waals surface area contributed by atoms with Crippen LogP contribution in [-0.2, 0) is 22.6 Å². The van der Waals surface area contributed by atoms with Crippen LogP contribution in [0.1, 0.15) is 32.7 Å². The lowest BCUT2D eigenvalue weighted by Crippen LogP contribution is -2.47. The minimum atomic E-state index is -1.09. The molecule has 190 valence electrons. The largest absolute Gasteiger partial charge is 0.363 e. The van der Waals surface area contributed by atoms with E-state index in [0.717, 1.165) is 17.7 Å². The van der Waals surface area contributed by atoms with Gasteiger partial charge in [-0.15, -0.1) is 24.8 Å². The van der Waals surface area contributed by atoms with Crippen LogP contribution in [-0.4, -0.2) is 47.6 Å². The molecule has 1 atom stereocenters. The molecule has 1 heterocycles. The predicted octanol–water partition coefficient (Wildman–Crippen LogP) is 3.55. The van der Waals surface area contributed by atoms with E-state index in [2.05, 4.69) is 27.3 Å². The zero-order chi connectivity index (χ0) is 24.5. The highest BCUT2D eigenvalue weighted by Crippen LogP contribution is 2.14. The van der Waals surface area contributed by atoms with E-state index in [9.17, 15) is 14.4 Å². The van der Waals surface area contributed by atoms with Crippen molar-refractivity contribution < 1.29 is 14.4 Å². The molecule has 3 rings (SSSR count). The van der Waals surface area contributed by atoms with Crippen LogP contribution in [0.2, 0.25) is 0 Å². The number of benzene rings is 2. The number of carbonyl (C=O) groups is 3. The van der Waals surface area contributed by atoms with Crippen molar-refractivity contribution in [2.75, 3.05) is 14.1 Å². The standard InChI is InChI=1S/C27H28N4O3.2ClH/c1-31(2)18-21-12-10-19(11-13-21)14-15-23-22(9-6-16-29-23)27(34)30-24(25(32)26(28)33)17-20-7-4-3-5-8-20;;/h3-16,24H,17-18H2,1-2H3,(H2,28,33)(H,30,34);2*1H/b15-14+;;. The third kappa shape index (κ3) is 8.92. The van der Waals surface area contributed by atoms with Gasteiger partial charge in [-0.25, -0.2) is 0 Å². The first-order valence-electron chi connectivity index (χ1n) is 10.9. The Morgan fingerprint density at radius 3 is 2.19 bits per heavy atom. The van der Waals surface area contributed by atoms with E-state index < -0.39 is 23.6 Å². The second-order valence-electron chi connectivity index (χ2n) is 8.19. The molecule has 0 fully saturated rings. The summed E-state index contributed by atoms with van der Waals surface area (Å²) in [6.45, 7) is 0.850. The average molecular weight is 529 g/mol. The van der Waals surface area contributed by atoms with Crippen LogP contribution in [0.4, 0.5) is 0 Å². The first-order chi connectivity index (χ1) is 16.3. The first-order valence-corrected chi connectivity index (χ1v) is 10.9. The molecule has 3 N–H and O–H groups in total. The molecule has 1 aromatic heterocycles. The average Bonchev–Trinajstić information content (AvgIpc) is 2.83. The molecule has 2 amide bonds. The molecule has 2 aromatic carbocycles. The molecular weight excluding hydrogens is 499 g/mol. The summed E-state index contributed by atoms with van der Waals surface area (Å²) in [5, 5.41) is 2.66. The van der Waals surface area contributed by atoms with E-state index in [4.69, 9.17) is 5.73 Å². The number of Topliss-reactive ketones (excluding diaryl/α,β-unsaturated/α-hetero) is 1. The summed E-state index contributed by atoms with van der Waals surface area (Å²) in [5.74, 6) is -2.45. The molecule has 0 radical (unpaired) electrons. The van der Waals surface area contributed by atoms with Gasteiger partial charge in [0.2, 0.25) is 5.78 Å². The SMILES string of the molecule is CN(C)Cc1ccc(/C=C/c2ncccc2C(=O)NC(Cc2ccccc2)C(=O)C(N)=O)cc1.Cl.Cl. The van der Waals surface area contributed by atoms with Crippen LogP contribution in [0.25, 0.3) is 12.2 Å². The van der Waals surface area contributed by atoms with Gasteiger partial charge in [0.25, 0.3) is 11.8 Å². The molecule has 9 heteroatoms. The number of hydrogen-bond acceptors (Lipinski definition) is 5. The molecule has 36 heavy (non-hydrogen) atoms. The molecule has 0 saturated heterocycles. The molecule has 0 bridgehead atoms. The second kappa shape index (κ2) is 14.8. The fourth-order valence-corrected chi connectivity index (χ4v) is 3.48. The normalized spacial score (nSPS) is 11.3. The van der Waals surface area contributed by atoms with Gasteiger partial charge in [0.15, 0.2) is 0 Å². The summed E-state index contributed by atoms with van der Waals surface area (Å²) < 4.78 is 0. The summed E-state index contributed by atoms with van der Waals surface area (Å²) in [6, 6.07) is 19.4. The minimum absolute atomic E-state index is 0. The van der Waals surface area contributed by atoms with Crippen molar-refractivity contribution in [2.24, 2.45) is 5.73 Å². The highest BCUT2D eigenvalue weighted by atomic mass is 35.5. The lowest BCUT2D eigenvalue weighted by molar-refractivity contribution is -0.137. The number of nitrogens with zero attached hydrogens (tertiary/aromatic N) is 2. The van der Waals surface area contributed by atoms with Crippen LogP contribution in [0.3, 0.4) is 0 Å². The Labute approximate surface area is 223 Å². The van der Waals surface area contributed by atoms with E-state index in [1.54, 1.807) is 24.4 Å². The Bertz CT molecular complexity index is 1180. The first kappa shape index (κ1) is 30.5. The third-order valence-electron chi connectivity index (χ3n) is 5.14. The summed E-state index contributed by atoms with van der Waals surface area (Å²) >= 11 is 0. The Morgan fingerprint density at radius 1 is 0.917 bits per heavy atom. The van der Waals surface area contributed by atoms with Crippen LogP contribution >= 0.6 is 24.8 Å². The third-order valence-corrected chi connectivity index (χ3v) is 5.14. The monoisotopic (exact) mass is 528 g/mol. The van der Waals surface area contributed by atoms with Gasteiger partial charge in [-0.05, 0) is 49.0 Å². The van der Waals surface area contributed by atoms with E-state index in [1.165, 1.54) is 5.56 Å². The molecule has 0 spiro atoms. The fourth-order valence-electron chi connectivity index (χ4n) is 3.48. The minimum Gasteiger partial charge on any atom is -0.363 e. The number of carbonyl (C=O) groups excluding carboxylic acids is 3. The number of nitrogens with one attached hydrogen (secondary N) is 1. The maximum absolute atomic E-state index is 13.1. The van der Waals surface area contributed by atoms with E-state index in [1.807, 2.05) is 62.6 Å². The van der Waals surface area contributed by atoms with Crippen molar-refractivity contribution in [2.45, 2.75) is 19.0 Å². The van der Waals surface area contributed by atoms with Gasteiger partial charge in [-0.2, -0.15) is 0 Å². The Kier molecular flexibility index (Phi) is 12.5. The van der Waals surface area contributed by atoms with Crippen LogP contribution < -0.4 is 11.1 Å². The number of hydrogen-bond donors (Lipinski definition) is 2. The summed E-state index contributed by atoms with van der Waals surface area (Å²) in [6.07, 6.45) is 5.36. The smallest absolute Gasteiger partial charge is 0.287 e. The number of rotatable bonds is 10. The van der Waals surface area contributed by atoms with Crippen molar-refractivity contribution in [1.29, 1.82) is 0 Å². The number of amides is 2. The number of nitrogens with two attached hydrogens (primary N) is 1. The molecule has 0 saturated carbocycles. The zero-order valence-electron chi connectivity index (χ0n) is 20.1. The molecule has 0 aliphatic rings. The van der Waals surface area contributed by atoms with Gasteiger partial charge in [0, 0.05) is 19.2 Å². The molecule has 0 aliphatic carbocycles. The van der Waals surface area contributed by atoms with Gasteiger partial charge in [0.1, 0.15) is 6.04 Å². The molecule has 1 unspecified atom stereocenters. The fraction of sp³-hybridized carbons (Fsp3) is 0.185. The lowest BCUT2D eigenvalue weighted by Gasteiger charge is -2.17. The lowest BCUT2D eigenvalue weighted by atomic mass is 10.0. The topological polar surface area (TPSA) is 105 Å². The molecule has 0 aliphatic heterocycles. The van der Waals surface area contributed by atoms with Crippen molar-refractivity contribution in [3.8, 4) is 0 Å². The highest BCUT2D eigenvalue weighted by Gasteiger charge is 2.26. The maximum Gasteiger partial charge on any atom is 0.287 e. The van der Waals surface area contributed by atoms with Gasteiger partial charge in [-0.3, -0.25) is 19.4 Å².